The summed E-state index contributed by atoms with van der Waals surface area (Å²) in [5, 5.41) is 4.38. The van der Waals surface area contributed by atoms with Crippen LogP contribution in [0.2, 0.25) is 5.02 Å². The molecular formula is C18H20ClN3O. The van der Waals surface area contributed by atoms with Gasteiger partial charge < -0.3 is 4.90 Å². The van der Waals surface area contributed by atoms with Crippen LogP contribution in [-0.2, 0) is 0 Å². The molecule has 0 aliphatic rings. The van der Waals surface area contributed by atoms with Crippen molar-refractivity contribution in [3.05, 3.63) is 64.7 Å². The van der Waals surface area contributed by atoms with E-state index in [0.717, 1.165) is 18.7 Å². The molecule has 0 bridgehead atoms. The van der Waals surface area contributed by atoms with E-state index in [2.05, 4.69) is 29.3 Å². The van der Waals surface area contributed by atoms with Gasteiger partial charge in [-0.3, -0.25) is 4.79 Å². The van der Waals surface area contributed by atoms with Gasteiger partial charge in [0.1, 0.15) is 0 Å². The van der Waals surface area contributed by atoms with Gasteiger partial charge in [0, 0.05) is 18.8 Å². The van der Waals surface area contributed by atoms with Crippen molar-refractivity contribution in [2.24, 2.45) is 5.10 Å². The molecule has 0 aliphatic heterocycles. The molecule has 2 rings (SSSR count). The first-order chi connectivity index (χ1) is 11.2. The minimum atomic E-state index is -0.327. The number of halogens is 1. The summed E-state index contributed by atoms with van der Waals surface area (Å²) in [6.07, 6.45) is 1.61. The highest BCUT2D eigenvalue weighted by atomic mass is 35.5. The summed E-state index contributed by atoms with van der Waals surface area (Å²) in [6, 6.07) is 14.9. The molecule has 4 nitrogen and oxygen atoms in total. The molecule has 1 amide bonds. The molecule has 5 heteroatoms. The Balaban J connectivity index is 1.98. The maximum absolute atomic E-state index is 12.0. The maximum atomic E-state index is 12.0. The molecule has 0 heterocycles. The van der Waals surface area contributed by atoms with Gasteiger partial charge in [0.15, 0.2) is 0 Å². The second kappa shape index (κ2) is 8.34. The topological polar surface area (TPSA) is 44.7 Å². The Kier molecular flexibility index (Phi) is 6.18. The van der Waals surface area contributed by atoms with Gasteiger partial charge in [-0.15, -0.1) is 0 Å². The van der Waals surface area contributed by atoms with Gasteiger partial charge in [-0.05, 0) is 43.7 Å². The number of rotatable bonds is 6. The van der Waals surface area contributed by atoms with Crippen LogP contribution >= 0.6 is 11.6 Å². The number of carbonyl (C=O) groups is 1. The first kappa shape index (κ1) is 17.0. The Morgan fingerprint density at radius 2 is 1.78 bits per heavy atom. The summed E-state index contributed by atoms with van der Waals surface area (Å²) in [5.41, 5.74) is 4.98. The predicted octanol–water partition coefficient (Wildman–Crippen LogP) is 3.95. The molecule has 0 unspecified atom stereocenters. The number of anilines is 1. The molecule has 0 radical (unpaired) electrons. The van der Waals surface area contributed by atoms with Crippen molar-refractivity contribution in [1.82, 2.24) is 5.43 Å². The molecule has 0 saturated heterocycles. The van der Waals surface area contributed by atoms with Crippen molar-refractivity contribution >= 4 is 29.4 Å². The molecule has 1 N–H and O–H groups in total. The van der Waals surface area contributed by atoms with Crippen LogP contribution in [0.1, 0.15) is 29.8 Å². The van der Waals surface area contributed by atoms with E-state index in [9.17, 15) is 4.79 Å². The lowest BCUT2D eigenvalue weighted by Crippen LogP contribution is -2.21. The summed E-state index contributed by atoms with van der Waals surface area (Å²) in [4.78, 5) is 14.2. The van der Waals surface area contributed by atoms with Gasteiger partial charge in [-0.1, -0.05) is 35.9 Å². The number of hydrogen-bond acceptors (Lipinski definition) is 3. The molecule has 0 atom stereocenters. The Morgan fingerprint density at radius 3 is 2.39 bits per heavy atom. The number of amides is 1. The lowest BCUT2D eigenvalue weighted by atomic mass is 10.2. The average molecular weight is 330 g/mol. The van der Waals surface area contributed by atoms with E-state index in [1.165, 1.54) is 5.69 Å². The van der Waals surface area contributed by atoms with Gasteiger partial charge >= 0.3 is 0 Å². The minimum absolute atomic E-state index is 0.327. The van der Waals surface area contributed by atoms with Crippen LogP contribution in [0.3, 0.4) is 0 Å². The smallest absolute Gasteiger partial charge is 0.272 e. The van der Waals surface area contributed by atoms with Gasteiger partial charge in [-0.2, -0.15) is 5.10 Å². The highest BCUT2D eigenvalue weighted by Crippen LogP contribution is 2.15. The SMILES string of the molecule is CCN(CC)c1ccc(/C=N/NC(=O)c2ccccc2Cl)cc1. The van der Waals surface area contributed by atoms with Gasteiger partial charge in [0.05, 0.1) is 16.8 Å². The highest BCUT2D eigenvalue weighted by molar-refractivity contribution is 6.33. The first-order valence-corrected chi connectivity index (χ1v) is 7.96. The normalized spacial score (nSPS) is 10.7. The Bertz CT molecular complexity index is 679. The van der Waals surface area contributed by atoms with Crippen molar-refractivity contribution < 1.29 is 4.79 Å². The van der Waals surface area contributed by atoms with Crippen LogP contribution in [0.4, 0.5) is 5.69 Å². The molecule has 2 aromatic carbocycles. The van der Waals surface area contributed by atoms with Gasteiger partial charge in [0.25, 0.3) is 5.91 Å². The quantitative estimate of drug-likeness (QED) is 0.644. The summed E-state index contributed by atoms with van der Waals surface area (Å²) in [5.74, 6) is -0.327. The number of nitrogens with zero attached hydrogens (tertiary/aromatic N) is 2. The highest BCUT2D eigenvalue weighted by Gasteiger charge is 2.07. The fourth-order valence-corrected chi connectivity index (χ4v) is 2.45. The van der Waals surface area contributed by atoms with Crippen molar-refractivity contribution in [1.29, 1.82) is 0 Å². The molecule has 0 aromatic heterocycles. The fraction of sp³-hybridized carbons (Fsp3) is 0.222. The van der Waals surface area contributed by atoms with Crippen LogP contribution in [0.5, 0.6) is 0 Å². The van der Waals surface area contributed by atoms with Crippen molar-refractivity contribution in [2.45, 2.75) is 13.8 Å². The molecule has 120 valence electrons. The largest absolute Gasteiger partial charge is 0.372 e. The third-order valence-electron chi connectivity index (χ3n) is 3.52. The minimum Gasteiger partial charge on any atom is -0.372 e. The average Bonchev–Trinajstić information content (AvgIpc) is 2.57. The van der Waals surface area contributed by atoms with Crippen molar-refractivity contribution in [3.8, 4) is 0 Å². The number of carbonyl (C=O) groups excluding carboxylic acids is 1. The molecule has 0 aliphatic carbocycles. The van der Waals surface area contributed by atoms with Crippen molar-refractivity contribution in [3.63, 3.8) is 0 Å². The molecule has 23 heavy (non-hydrogen) atoms. The fourth-order valence-electron chi connectivity index (χ4n) is 2.23. The van der Waals surface area contributed by atoms with E-state index in [1.54, 1.807) is 30.5 Å². The number of hydrazone groups is 1. The van der Waals surface area contributed by atoms with Gasteiger partial charge in [-0.25, -0.2) is 5.43 Å². The van der Waals surface area contributed by atoms with Crippen LogP contribution < -0.4 is 10.3 Å². The van der Waals surface area contributed by atoms with E-state index < -0.39 is 0 Å². The second-order valence-corrected chi connectivity index (χ2v) is 5.35. The lowest BCUT2D eigenvalue weighted by molar-refractivity contribution is 0.0955. The van der Waals surface area contributed by atoms with Crippen molar-refractivity contribution in [2.75, 3.05) is 18.0 Å². The number of benzene rings is 2. The molecule has 0 saturated carbocycles. The Hall–Kier alpha value is -2.33. The summed E-state index contributed by atoms with van der Waals surface area (Å²) in [7, 11) is 0. The molecule has 0 fully saturated rings. The second-order valence-electron chi connectivity index (χ2n) is 4.94. The lowest BCUT2D eigenvalue weighted by Gasteiger charge is -2.20. The summed E-state index contributed by atoms with van der Waals surface area (Å²) < 4.78 is 0. The first-order valence-electron chi connectivity index (χ1n) is 7.58. The summed E-state index contributed by atoms with van der Waals surface area (Å²) >= 11 is 5.97. The third-order valence-corrected chi connectivity index (χ3v) is 3.85. The zero-order chi connectivity index (χ0) is 16.7. The van der Waals surface area contributed by atoms with Crippen LogP contribution in [0.25, 0.3) is 0 Å². The standard InChI is InChI=1S/C18H20ClN3O/c1-3-22(4-2)15-11-9-14(10-12-15)13-20-21-18(23)16-7-5-6-8-17(16)19/h5-13H,3-4H2,1-2H3,(H,21,23)/b20-13+. The van der Waals surface area contributed by atoms with E-state index >= 15 is 0 Å². The van der Waals surface area contributed by atoms with Crippen LogP contribution in [-0.4, -0.2) is 25.2 Å². The van der Waals surface area contributed by atoms with Crippen LogP contribution in [0.15, 0.2) is 53.6 Å². The zero-order valence-electron chi connectivity index (χ0n) is 13.3. The Labute approximate surface area is 141 Å². The number of nitrogens with one attached hydrogen (secondary N) is 1. The van der Waals surface area contributed by atoms with E-state index in [4.69, 9.17) is 11.6 Å². The van der Waals surface area contributed by atoms with Crippen LogP contribution in [0, 0.1) is 0 Å². The molecule has 2 aromatic rings. The van der Waals surface area contributed by atoms with E-state index in [0.29, 0.717) is 10.6 Å². The predicted molar refractivity (Wildman–Crippen MR) is 96.5 cm³/mol. The third kappa shape index (κ3) is 4.57. The van der Waals surface area contributed by atoms with E-state index in [-0.39, 0.29) is 5.91 Å². The number of hydrogen-bond donors (Lipinski definition) is 1. The monoisotopic (exact) mass is 329 g/mol. The maximum Gasteiger partial charge on any atom is 0.272 e. The van der Waals surface area contributed by atoms with E-state index in [1.807, 2.05) is 24.3 Å². The Morgan fingerprint density at radius 1 is 1.13 bits per heavy atom. The summed E-state index contributed by atoms with van der Waals surface area (Å²) in [6.45, 7) is 6.20. The molecule has 0 spiro atoms. The molecular weight excluding hydrogens is 310 g/mol. The van der Waals surface area contributed by atoms with Gasteiger partial charge in [0.2, 0.25) is 0 Å². The zero-order valence-corrected chi connectivity index (χ0v) is 14.0.